The third kappa shape index (κ3) is 4.47. The van der Waals surface area contributed by atoms with E-state index in [2.05, 4.69) is 5.32 Å². The van der Waals surface area contributed by atoms with Crippen molar-refractivity contribution in [2.24, 2.45) is 0 Å². The standard InChI is InChI=1S/C21H13ClN2O4/c22-16-5-1-13(2-6-16)19-10-9-18(28-19)11-15(12-23)20(25)24-17-7-3-14(4-8-17)21(26)27/h1-11H,(H,24,25)(H,26,27)/b15-11+. The fourth-order valence-corrected chi connectivity index (χ4v) is 2.51. The van der Waals surface area contributed by atoms with Crippen molar-refractivity contribution >= 4 is 35.2 Å². The molecule has 6 nitrogen and oxygen atoms in total. The molecule has 1 amide bonds. The molecule has 0 saturated heterocycles. The van der Waals surface area contributed by atoms with Gasteiger partial charge in [0, 0.05) is 22.3 Å². The van der Waals surface area contributed by atoms with Gasteiger partial charge >= 0.3 is 5.97 Å². The molecule has 28 heavy (non-hydrogen) atoms. The van der Waals surface area contributed by atoms with Crippen molar-refractivity contribution < 1.29 is 19.1 Å². The zero-order valence-corrected chi connectivity index (χ0v) is 15.1. The summed E-state index contributed by atoms with van der Waals surface area (Å²) in [5, 5.41) is 21.3. The molecule has 0 fully saturated rings. The number of aromatic carboxylic acids is 1. The molecule has 0 spiro atoms. The van der Waals surface area contributed by atoms with Gasteiger partial charge in [0.05, 0.1) is 5.56 Å². The normalized spacial score (nSPS) is 10.9. The van der Waals surface area contributed by atoms with Crippen LogP contribution in [0.2, 0.25) is 5.02 Å². The number of benzene rings is 2. The Morgan fingerprint density at radius 1 is 1.04 bits per heavy atom. The number of carbonyl (C=O) groups excluding carboxylic acids is 1. The quantitative estimate of drug-likeness (QED) is 0.477. The minimum absolute atomic E-state index is 0.0966. The monoisotopic (exact) mass is 392 g/mol. The number of amides is 1. The molecule has 0 aliphatic heterocycles. The zero-order chi connectivity index (χ0) is 20.1. The number of rotatable bonds is 5. The fraction of sp³-hybridized carbons (Fsp3) is 0. The first-order valence-electron chi connectivity index (χ1n) is 8.08. The molecule has 0 aliphatic carbocycles. The Hall–Kier alpha value is -3.82. The molecule has 1 heterocycles. The van der Waals surface area contributed by atoms with Gasteiger partial charge in [-0.15, -0.1) is 0 Å². The Kier molecular flexibility index (Phi) is 5.58. The highest BCUT2D eigenvalue weighted by Crippen LogP contribution is 2.25. The predicted molar refractivity (Wildman–Crippen MR) is 105 cm³/mol. The van der Waals surface area contributed by atoms with E-state index in [1.165, 1.54) is 30.3 Å². The number of halogens is 1. The smallest absolute Gasteiger partial charge is 0.335 e. The van der Waals surface area contributed by atoms with Gasteiger partial charge in [0.1, 0.15) is 23.2 Å². The summed E-state index contributed by atoms with van der Waals surface area (Å²) in [6.45, 7) is 0. The average Bonchev–Trinajstić information content (AvgIpc) is 3.15. The summed E-state index contributed by atoms with van der Waals surface area (Å²) in [6.07, 6.45) is 1.33. The molecule has 3 aromatic rings. The number of carbonyl (C=O) groups is 2. The van der Waals surface area contributed by atoms with Gasteiger partial charge in [-0.3, -0.25) is 4.79 Å². The van der Waals surface area contributed by atoms with Crippen molar-refractivity contribution in [2.75, 3.05) is 5.32 Å². The van der Waals surface area contributed by atoms with Gasteiger partial charge < -0.3 is 14.8 Å². The third-order valence-electron chi connectivity index (χ3n) is 3.80. The van der Waals surface area contributed by atoms with Crippen LogP contribution in [0.1, 0.15) is 16.1 Å². The van der Waals surface area contributed by atoms with E-state index >= 15 is 0 Å². The summed E-state index contributed by atoms with van der Waals surface area (Å²) in [5.41, 5.74) is 1.13. The van der Waals surface area contributed by atoms with Crippen molar-refractivity contribution in [1.82, 2.24) is 0 Å². The maximum atomic E-state index is 12.3. The lowest BCUT2D eigenvalue weighted by Gasteiger charge is -2.04. The van der Waals surface area contributed by atoms with Crippen molar-refractivity contribution in [3.8, 4) is 17.4 Å². The van der Waals surface area contributed by atoms with Crippen molar-refractivity contribution in [2.45, 2.75) is 0 Å². The number of nitriles is 1. The van der Waals surface area contributed by atoms with Crippen LogP contribution in [-0.4, -0.2) is 17.0 Å². The molecule has 1 aromatic heterocycles. The molecule has 3 rings (SSSR count). The first-order chi connectivity index (χ1) is 13.5. The van der Waals surface area contributed by atoms with E-state index < -0.39 is 11.9 Å². The van der Waals surface area contributed by atoms with Crippen LogP contribution in [0.4, 0.5) is 5.69 Å². The molecule has 2 N–H and O–H groups in total. The largest absolute Gasteiger partial charge is 0.478 e. The van der Waals surface area contributed by atoms with Crippen LogP contribution >= 0.6 is 11.6 Å². The molecule has 0 bridgehead atoms. The second-order valence-electron chi connectivity index (χ2n) is 5.72. The maximum absolute atomic E-state index is 12.3. The number of carboxylic acids is 1. The van der Waals surface area contributed by atoms with Crippen molar-refractivity contribution in [1.29, 1.82) is 5.26 Å². The first-order valence-corrected chi connectivity index (χ1v) is 8.46. The highest BCUT2D eigenvalue weighted by Gasteiger charge is 2.12. The van der Waals surface area contributed by atoms with Crippen LogP contribution in [0.25, 0.3) is 17.4 Å². The number of hydrogen-bond donors (Lipinski definition) is 2. The predicted octanol–water partition coefficient (Wildman–Crippen LogP) is 4.84. The second kappa shape index (κ2) is 8.25. The minimum Gasteiger partial charge on any atom is -0.478 e. The van der Waals surface area contributed by atoms with Gasteiger partial charge in [-0.1, -0.05) is 11.6 Å². The molecule has 0 radical (unpaired) electrons. The Bertz CT molecular complexity index is 1090. The summed E-state index contributed by atoms with van der Waals surface area (Å²) in [6, 6.07) is 17.9. The molecular formula is C21H13ClN2O4. The van der Waals surface area contributed by atoms with Crippen molar-refractivity contribution in [3.05, 3.63) is 82.6 Å². The van der Waals surface area contributed by atoms with Crippen LogP contribution in [0, 0.1) is 11.3 Å². The summed E-state index contributed by atoms with van der Waals surface area (Å²) in [7, 11) is 0. The number of anilines is 1. The molecular weight excluding hydrogens is 380 g/mol. The topological polar surface area (TPSA) is 103 Å². The van der Waals surface area contributed by atoms with E-state index in [0.29, 0.717) is 22.2 Å². The van der Waals surface area contributed by atoms with Crippen molar-refractivity contribution in [3.63, 3.8) is 0 Å². The Morgan fingerprint density at radius 2 is 1.71 bits per heavy atom. The fourth-order valence-electron chi connectivity index (χ4n) is 2.39. The van der Waals surface area contributed by atoms with Gasteiger partial charge in [0.25, 0.3) is 5.91 Å². The second-order valence-corrected chi connectivity index (χ2v) is 6.15. The van der Waals surface area contributed by atoms with Crippen LogP contribution < -0.4 is 5.32 Å². The molecule has 7 heteroatoms. The third-order valence-corrected chi connectivity index (χ3v) is 4.05. The summed E-state index contributed by atoms with van der Waals surface area (Å²) in [4.78, 5) is 23.2. The van der Waals surface area contributed by atoms with E-state index in [4.69, 9.17) is 21.1 Å². The molecule has 0 saturated carbocycles. The number of nitrogens with zero attached hydrogens (tertiary/aromatic N) is 1. The van der Waals surface area contributed by atoms with E-state index in [1.54, 1.807) is 36.4 Å². The Morgan fingerprint density at radius 3 is 2.32 bits per heavy atom. The van der Waals surface area contributed by atoms with Gasteiger partial charge in [-0.05, 0) is 60.7 Å². The highest BCUT2D eigenvalue weighted by atomic mass is 35.5. The minimum atomic E-state index is -1.07. The van der Waals surface area contributed by atoms with Gasteiger partial charge in [-0.2, -0.15) is 5.26 Å². The highest BCUT2D eigenvalue weighted by molar-refractivity contribution is 6.30. The number of nitrogens with one attached hydrogen (secondary N) is 1. The Balaban J connectivity index is 1.76. The van der Waals surface area contributed by atoms with Crippen LogP contribution in [-0.2, 0) is 4.79 Å². The zero-order valence-electron chi connectivity index (χ0n) is 14.3. The first kappa shape index (κ1) is 19.0. The summed E-state index contributed by atoms with van der Waals surface area (Å²) >= 11 is 5.87. The van der Waals surface area contributed by atoms with E-state index in [0.717, 1.165) is 5.56 Å². The molecule has 138 valence electrons. The average molecular weight is 393 g/mol. The summed E-state index contributed by atoms with van der Waals surface area (Å²) < 4.78 is 5.67. The number of furan rings is 1. The van der Waals surface area contributed by atoms with Crippen LogP contribution in [0.5, 0.6) is 0 Å². The summed E-state index contributed by atoms with van der Waals surface area (Å²) in [5.74, 6) is -0.775. The van der Waals surface area contributed by atoms with E-state index in [1.807, 2.05) is 6.07 Å². The lowest BCUT2D eigenvalue weighted by Crippen LogP contribution is -2.13. The number of hydrogen-bond acceptors (Lipinski definition) is 4. The van der Waals surface area contributed by atoms with E-state index in [-0.39, 0.29) is 11.1 Å². The lowest BCUT2D eigenvalue weighted by atomic mass is 10.2. The lowest BCUT2D eigenvalue weighted by molar-refractivity contribution is -0.112. The molecule has 0 unspecified atom stereocenters. The van der Waals surface area contributed by atoms with Gasteiger partial charge in [0.2, 0.25) is 0 Å². The van der Waals surface area contributed by atoms with Crippen LogP contribution in [0.15, 0.2) is 70.7 Å². The molecule has 0 atom stereocenters. The number of carboxylic acid groups (broad SMARTS) is 1. The van der Waals surface area contributed by atoms with E-state index in [9.17, 15) is 14.9 Å². The van der Waals surface area contributed by atoms with Gasteiger partial charge in [-0.25, -0.2) is 4.79 Å². The maximum Gasteiger partial charge on any atom is 0.335 e. The Labute approximate surface area is 165 Å². The van der Waals surface area contributed by atoms with Crippen LogP contribution in [0.3, 0.4) is 0 Å². The molecule has 2 aromatic carbocycles. The van der Waals surface area contributed by atoms with Gasteiger partial charge in [0.15, 0.2) is 0 Å². The molecule has 0 aliphatic rings. The SMILES string of the molecule is N#C/C(=C\c1ccc(-c2ccc(Cl)cc2)o1)C(=O)Nc1ccc(C(=O)O)cc1.